The van der Waals surface area contributed by atoms with E-state index in [4.69, 9.17) is 4.42 Å². The summed E-state index contributed by atoms with van der Waals surface area (Å²) in [6.45, 7) is 6.78. The lowest BCUT2D eigenvalue weighted by atomic mass is 10.1. The second-order valence-corrected chi connectivity index (χ2v) is 7.29. The first-order valence-electron chi connectivity index (χ1n) is 8.99. The molecule has 1 N–H and O–H groups in total. The van der Waals surface area contributed by atoms with Crippen molar-refractivity contribution >= 4 is 23.2 Å². The molecule has 1 aliphatic heterocycles. The van der Waals surface area contributed by atoms with Crippen LogP contribution < -0.4 is 5.32 Å². The van der Waals surface area contributed by atoms with Crippen LogP contribution in [-0.4, -0.2) is 53.3 Å². The summed E-state index contributed by atoms with van der Waals surface area (Å²) in [6, 6.07) is 3.47. The van der Waals surface area contributed by atoms with E-state index in [0.29, 0.717) is 31.6 Å². The van der Waals surface area contributed by atoms with Gasteiger partial charge in [-0.2, -0.15) is 11.3 Å². The fourth-order valence-corrected chi connectivity index (χ4v) is 4.13. The minimum Gasteiger partial charge on any atom is -0.472 e. The Balaban J connectivity index is 1.71. The van der Waals surface area contributed by atoms with E-state index in [9.17, 15) is 9.59 Å². The number of rotatable bonds is 7. The molecule has 2 atom stereocenters. The summed E-state index contributed by atoms with van der Waals surface area (Å²) in [7, 11) is 0. The average molecular weight is 375 g/mol. The van der Waals surface area contributed by atoms with Gasteiger partial charge in [0.1, 0.15) is 6.26 Å². The molecule has 1 fully saturated rings. The molecule has 0 bridgehead atoms. The Morgan fingerprint density at radius 2 is 2.15 bits per heavy atom. The molecule has 2 amide bonds. The van der Waals surface area contributed by atoms with Gasteiger partial charge in [0.15, 0.2) is 0 Å². The van der Waals surface area contributed by atoms with Crippen LogP contribution in [-0.2, 0) is 11.3 Å². The second kappa shape index (κ2) is 8.51. The van der Waals surface area contributed by atoms with Crippen LogP contribution >= 0.6 is 11.3 Å². The van der Waals surface area contributed by atoms with Crippen molar-refractivity contribution in [3.63, 3.8) is 0 Å². The molecule has 0 unspecified atom stereocenters. The van der Waals surface area contributed by atoms with Crippen LogP contribution in [0, 0.1) is 0 Å². The minimum atomic E-state index is -0.204. The van der Waals surface area contributed by atoms with E-state index in [0.717, 1.165) is 6.54 Å². The van der Waals surface area contributed by atoms with Gasteiger partial charge in [-0.05, 0) is 48.7 Å². The monoisotopic (exact) mass is 375 g/mol. The molecule has 0 radical (unpaired) electrons. The molecule has 0 saturated carbocycles. The Morgan fingerprint density at radius 3 is 2.77 bits per heavy atom. The molecule has 2 aromatic heterocycles. The lowest BCUT2D eigenvalue weighted by Crippen LogP contribution is -2.45. The molecule has 0 aromatic carbocycles. The lowest BCUT2D eigenvalue weighted by Gasteiger charge is -2.28. The van der Waals surface area contributed by atoms with Gasteiger partial charge in [-0.15, -0.1) is 0 Å². The summed E-state index contributed by atoms with van der Waals surface area (Å²) < 4.78 is 4.98. The highest BCUT2D eigenvalue weighted by Crippen LogP contribution is 2.24. The molecule has 140 valence electrons. The number of carbonyl (C=O) groups is 2. The van der Waals surface area contributed by atoms with Gasteiger partial charge in [-0.25, -0.2) is 0 Å². The van der Waals surface area contributed by atoms with Gasteiger partial charge >= 0.3 is 0 Å². The van der Waals surface area contributed by atoms with E-state index in [1.807, 2.05) is 24.1 Å². The van der Waals surface area contributed by atoms with E-state index in [-0.39, 0.29) is 23.9 Å². The highest BCUT2D eigenvalue weighted by molar-refractivity contribution is 7.07. The van der Waals surface area contributed by atoms with Gasteiger partial charge in [-0.3, -0.25) is 14.5 Å². The Labute approximate surface area is 157 Å². The van der Waals surface area contributed by atoms with Crippen LogP contribution in [0.4, 0.5) is 0 Å². The zero-order valence-corrected chi connectivity index (χ0v) is 16.0. The molecule has 7 heteroatoms. The first-order chi connectivity index (χ1) is 12.6. The third-order valence-corrected chi connectivity index (χ3v) is 5.58. The maximum Gasteiger partial charge on any atom is 0.254 e. The molecule has 1 aliphatic rings. The molecule has 1 saturated heterocycles. The number of amides is 2. The van der Waals surface area contributed by atoms with Crippen molar-refractivity contribution in [3.8, 4) is 0 Å². The Kier molecular flexibility index (Phi) is 6.11. The van der Waals surface area contributed by atoms with E-state index in [1.165, 1.54) is 18.1 Å². The normalized spacial score (nSPS) is 20.2. The summed E-state index contributed by atoms with van der Waals surface area (Å²) in [5, 5.41) is 7.20. The average Bonchev–Trinajstić information content (AvgIpc) is 3.38. The standard InChI is InChI=1S/C19H25N3O3S/c1-3-21(4-2)19(24)17-9-16(20-18(23)15-5-7-25-12-15)11-22(17)10-14-6-8-26-13-14/h5-8,12-13,16-17H,3-4,9-11H2,1-2H3,(H,20,23)/t16-,17-/m0/s1. The predicted octanol–water partition coefficient (Wildman–Crippen LogP) is 2.58. The second-order valence-electron chi connectivity index (χ2n) is 6.51. The number of nitrogens with zero attached hydrogens (tertiary/aromatic N) is 2. The highest BCUT2D eigenvalue weighted by atomic mass is 32.1. The third-order valence-electron chi connectivity index (χ3n) is 4.85. The summed E-state index contributed by atoms with van der Waals surface area (Å²) in [6.07, 6.45) is 3.55. The molecule has 26 heavy (non-hydrogen) atoms. The van der Waals surface area contributed by atoms with Crippen molar-refractivity contribution in [1.29, 1.82) is 0 Å². The largest absolute Gasteiger partial charge is 0.472 e. The smallest absolute Gasteiger partial charge is 0.254 e. The number of furan rings is 1. The summed E-state index contributed by atoms with van der Waals surface area (Å²) in [5.41, 5.74) is 1.71. The Morgan fingerprint density at radius 1 is 1.35 bits per heavy atom. The number of hydrogen-bond acceptors (Lipinski definition) is 5. The zero-order chi connectivity index (χ0) is 18.5. The van der Waals surface area contributed by atoms with Gasteiger partial charge < -0.3 is 14.6 Å². The molecular weight excluding hydrogens is 350 g/mol. The number of carbonyl (C=O) groups excluding carboxylic acids is 2. The zero-order valence-electron chi connectivity index (χ0n) is 15.2. The molecule has 2 aromatic rings. The van der Waals surface area contributed by atoms with Crippen LogP contribution in [0.25, 0.3) is 0 Å². The van der Waals surface area contributed by atoms with Crippen LogP contribution in [0.1, 0.15) is 36.2 Å². The number of nitrogens with one attached hydrogen (secondary N) is 1. The first-order valence-corrected chi connectivity index (χ1v) is 9.93. The third kappa shape index (κ3) is 4.16. The van der Waals surface area contributed by atoms with Crippen molar-refractivity contribution < 1.29 is 14.0 Å². The molecule has 6 nitrogen and oxygen atoms in total. The van der Waals surface area contributed by atoms with Crippen LogP contribution in [0.2, 0.25) is 0 Å². The Hall–Kier alpha value is -2.12. The van der Waals surface area contributed by atoms with Crippen molar-refractivity contribution in [2.75, 3.05) is 19.6 Å². The van der Waals surface area contributed by atoms with Crippen molar-refractivity contribution in [2.24, 2.45) is 0 Å². The maximum atomic E-state index is 13.0. The van der Waals surface area contributed by atoms with E-state index in [1.54, 1.807) is 17.4 Å². The van der Waals surface area contributed by atoms with Crippen molar-refractivity contribution in [3.05, 3.63) is 46.5 Å². The van der Waals surface area contributed by atoms with Gasteiger partial charge in [0.05, 0.1) is 17.9 Å². The van der Waals surface area contributed by atoms with Gasteiger partial charge in [-0.1, -0.05) is 0 Å². The summed E-state index contributed by atoms with van der Waals surface area (Å²) >= 11 is 1.66. The number of hydrogen-bond donors (Lipinski definition) is 1. The van der Waals surface area contributed by atoms with Crippen LogP contribution in [0.5, 0.6) is 0 Å². The summed E-state index contributed by atoms with van der Waals surface area (Å²) in [4.78, 5) is 29.3. The van der Waals surface area contributed by atoms with E-state index >= 15 is 0 Å². The van der Waals surface area contributed by atoms with Crippen LogP contribution in [0.3, 0.4) is 0 Å². The van der Waals surface area contributed by atoms with Crippen molar-refractivity contribution in [2.45, 2.75) is 38.9 Å². The molecule has 3 heterocycles. The first kappa shape index (κ1) is 18.7. The van der Waals surface area contributed by atoms with Crippen molar-refractivity contribution in [1.82, 2.24) is 15.1 Å². The fraction of sp³-hybridized carbons (Fsp3) is 0.474. The molecule has 3 rings (SSSR count). The topological polar surface area (TPSA) is 65.8 Å². The van der Waals surface area contributed by atoms with E-state index in [2.05, 4.69) is 21.7 Å². The van der Waals surface area contributed by atoms with Crippen LogP contribution in [0.15, 0.2) is 39.8 Å². The minimum absolute atomic E-state index is 0.0550. The van der Waals surface area contributed by atoms with Gasteiger partial charge in [0.25, 0.3) is 5.91 Å². The molecular formula is C19H25N3O3S. The number of likely N-dealkylation sites (N-methyl/N-ethyl adjacent to an activating group) is 1. The predicted molar refractivity (Wildman–Crippen MR) is 101 cm³/mol. The fourth-order valence-electron chi connectivity index (χ4n) is 3.47. The number of thiophene rings is 1. The van der Waals surface area contributed by atoms with Gasteiger partial charge in [0, 0.05) is 32.2 Å². The molecule has 0 aliphatic carbocycles. The van der Waals surface area contributed by atoms with Gasteiger partial charge in [0.2, 0.25) is 5.91 Å². The lowest BCUT2D eigenvalue weighted by molar-refractivity contribution is -0.135. The quantitative estimate of drug-likeness (QED) is 0.808. The SMILES string of the molecule is CCN(CC)C(=O)[C@@H]1C[C@H](NC(=O)c2ccoc2)CN1Cc1ccsc1. The number of likely N-dealkylation sites (tertiary alicyclic amines) is 1. The Bertz CT molecular complexity index is 710. The van der Waals surface area contributed by atoms with E-state index < -0.39 is 0 Å². The summed E-state index contributed by atoms with van der Waals surface area (Å²) in [5.74, 6) is -0.0135. The maximum absolute atomic E-state index is 13.0. The molecule has 0 spiro atoms. The highest BCUT2D eigenvalue weighted by Gasteiger charge is 2.39.